The maximum absolute atomic E-state index is 5.64. The molecule has 3 atom stereocenters. The van der Waals surface area contributed by atoms with Crippen LogP contribution in [-0.2, 0) is 0 Å². The van der Waals surface area contributed by atoms with Crippen molar-refractivity contribution in [3.8, 4) is 0 Å². The summed E-state index contributed by atoms with van der Waals surface area (Å²) in [5.41, 5.74) is 5.64. The van der Waals surface area contributed by atoms with Crippen LogP contribution in [0.4, 0.5) is 0 Å². The van der Waals surface area contributed by atoms with Gasteiger partial charge in [0.15, 0.2) is 0 Å². The molecule has 2 nitrogen and oxygen atoms in total. The van der Waals surface area contributed by atoms with Crippen LogP contribution in [0.25, 0.3) is 0 Å². The van der Waals surface area contributed by atoms with Crippen molar-refractivity contribution in [2.24, 2.45) is 17.6 Å². The van der Waals surface area contributed by atoms with Crippen LogP contribution in [0.1, 0.15) is 33.1 Å². The van der Waals surface area contributed by atoms with E-state index in [4.69, 9.17) is 5.73 Å². The van der Waals surface area contributed by atoms with Crippen molar-refractivity contribution < 1.29 is 0 Å². The third-order valence-corrected chi connectivity index (χ3v) is 2.87. The van der Waals surface area contributed by atoms with Crippen molar-refractivity contribution >= 4 is 0 Å². The Morgan fingerprint density at radius 3 is 2.67 bits per heavy atom. The Hall–Kier alpha value is -0.0800. The van der Waals surface area contributed by atoms with Gasteiger partial charge in [-0.1, -0.05) is 20.3 Å². The molecule has 3 unspecified atom stereocenters. The molecular formula is C10H22N2. The average molecular weight is 170 g/mol. The maximum atomic E-state index is 5.64. The van der Waals surface area contributed by atoms with E-state index in [1.165, 1.54) is 25.8 Å². The van der Waals surface area contributed by atoms with Gasteiger partial charge >= 0.3 is 0 Å². The van der Waals surface area contributed by atoms with E-state index >= 15 is 0 Å². The SMILES string of the molecule is CCCC(CN)NCC1CC1C. The zero-order chi connectivity index (χ0) is 8.97. The van der Waals surface area contributed by atoms with Crippen LogP contribution in [0.2, 0.25) is 0 Å². The van der Waals surface area contributed by atoms with Crippen molar-refractivity contribution in [3.05, 3.63) is 0 Å². The first-order chi connectivity index (χ1) is 5.77. The van der Waals surface area contributed by atoms with Crippen LogP contribution in [0.15, 0.2) is 0 Å². The Morgan fingerprint density at radius 1 is 1.58 bits per heavy atom. The van der Waals surface area contributed by atoms with E-state index in [0.717, 1.165) is 18.4 Å². The maximum Gasteiger partial charge on any atom is 0.0190 e. The summed E-state index contributed by atoms with van der Waals surface area (Å²) in [6.07, 6.45) is 3.86. The predicted molar refractivity (Wildman–Crippen MR) is 53.0 cm³/mol. The molecule has 12 heavy (non-hydrogen) atoms. The van der Waals surface area contributed by atoms with Gasteiger partial charge in [-0.3, -0.25) is 0 Å². The molecule has 2 heteroatoms. The fourth-order valence-electron chi connectivity index (χ4n) is 1.65. The number of hydrogen-bond donors (Lipinski definition) is 2. The smallest absolute Gasteiger partial charge is 0.0190 e. The van der Waals surface area contributed by atoms with Gasteiger partial charge in [0, 0.05) is 12.6 Å². The summed E-state index contributed by atoms with van der Waals surface area (Å²) in [5, 5.41) is 3.54. The van der Waals surface area contributed by atoms with Crippen LogP contribution in [0.3, 0.4) is 0 Å². The number of nitrogens with two attached hydrogens (primary N) is 1. The molecule has 0 aromatic heterocycles. The molecule has 0 heterocycles. The van der Waals surface area contributed by atoms with Gasteiger partial charge in [0.2, 0.25) is 0 Å². The van der Waals surface area contributed by atoms with Crippen LogP contribution in [0, 0.1) is 11.8 Å². The Morgan fingerprint density at radius 2 is 2.25 bits per heavy atom. The lowest BCUT2D eigenvalue weighted by Crippen LogP contribution is -2.37. The van der Waals surface area contributed by atoms with E-state index in [2.05, 4.69) is 19.2 Å². The highest BCUT2D eigenvalue weighted by Crippen LogP contribution is 2.36. The molecule has 0 aliphatic heterocycles. The quantitative estimate of drug-likeness (QED) is 0.631. The largest absolute Gasteiger partial charge is 0.329 e. The molecule has 3 N–H and O–H groups in total. The first kappa shape index (κ1) is 10.0. The summed E-state index contributed by atoms with van der Waals surface area (Å²) in [6, 6.07) is 0.558. The van der Waals surface area contributed by atoms with Gasteiger partial charge < -0.3 is 11.1 Å². The Kier molecular flexibility index (Phi) is 4.02. The number of hydrogen-bond acceptors (Lipinski definition) is 2. The van der Waals surface area contributed by atoms with Crippen molar-refractivity contribution in [2.45, 2.75) is 39.2 Å². The van der Waals surface area contributed by atoms with Gasteiger partial charge in [-0.15, -0.1) is 0 Å². The third kappa shape index (κ3) is 3.11. The molecule has 0 amide bonds. The molecule has 0 aromatic rings. The highest BCUT2D eigenvalue weighted by Gasteiger charge is 2.32. The highest BCUT2D eigenvalue weighted by molar-refractivity contribution is 4.85. The van der Waals surface area contributed by atoms with Gasteiger partial charge in [0.05, 0.1) is 0 Å². The minimum Gasteiger partial charge on any atom is -0.329 e. The predicted octanol–water partition coefficient (Wildman–Crippen LogP) is 1.36. The minimum absolute atomic E-state index is 0.558. The first-order valence-electron chi connectivity index (χ1n) is 5.21. The molecule has 1 aliphatic carbocycles. The summed E-state index contributed by atoms with van der Waals surface area (Å²) in [5.74, 6) is 1.90. The summed E-state index contributed by atoms with van der Waals surface area (Å²) < 4.78 is 0. The van der Waals surface area contributed by atoms with Gasteiger partial charge in [-0.05, 0) is 31.2 Å². The molecular weight excluding hydrogens is 148 g/mol. The van der Waals surface area contributed by atoms with Crippen molar-refractivity contribution in [3.63, 3.8) is 0 Å². The normalized spacial score (nSPS) is 30.2. The van der Waals surface area contributed by atoms with Gasteiger partial charge in [-0.2, -0.15) is 0 Å². The summed E-state index contributed by atoms with van der Waals surface area (Å²) in [6.45, 7) is 6.51. The van der Waals surface area contributed by atoms with Crippen molar-refractivity contribution in [1.82, 2.24) is 5.32 Å². The molecule has 72 valence electrons. The fourth-order valence-corrected chi connectivity index (χ4v) is 1.65. The molecule has 1 rings (SSSR count). The summed E-state index contributed by atoms with van der Waals surface area (Å²) in [7, 11) is 0. The second-order valence-electron chi connectivity index (χ2n) is 4.10. The molecule has 0 spiro atoms. The molecule has 0 bridgehead atoms. The Balaban J connectivity index is 2.02. The number of rotatable bonds is 6. The second kappa shape index (κ2) is 4.83. The standard InChI is InChI=1S/C10H22N2/c1-3-4-10(6-11)12-7-9-5-8(9)2/h8-10,12H,3-7,11H2,1-2H3. The zero-order valence-electron chi connectivity index (χ0n) is 8.34. The van der Waals surface area contributed by atoms with Gasteiger partial charge in [0.1, 0.15) is 0 Å². The summed E-state index contributed by atoms with van der Waals surface area (Å²) >= 11 is 0. The highest BCUT2D eigenvalue weighted by atomic mass is 14.9. The first-order valence-corrected chi connectivity index (χ1v) is 5.21. The van der Waals surface area contributed by atoms with Crippen LogP contribution >= 0.6 is 0 Å². The van der Waals surface area contributed by atoms with Crippen LogP contribution in [-0.4, -0.2) is 19.1 Å². The average Bonchev–Trinajstić information content (AvgIpc) is 2.76. The lowest BCUT2D eigenvalue weighted by atomic mass is 10.1. The molecule has 1 saturated carbocycles. The van der Waals surface area contributed by atoms with E-state index in [1.807, 2.05) is 0 Å². The molecule has 1 aliphatic rings. The third-order valence-electron chi connectivity index (χ3n) is 2.87. The molecule has 0 saturated heterocycles. The molecule has 0 radical (unpaired) electrons. The van der Waals surface area contributed by atoms with Crippen LogP contribution < -0.4 is 11.1 Å². The molecule has 0 aromatic carbocycles. The lowest BCUT2D eigenvalue weighted by molar-refractivity contribution is 0.465. The van der Waals surface area contributed by atoms with E-state index in [9.17, 15) is 0 Å². The summed E-state index contributed by atoms with van der Waals surface area (Å²) in [4.78, 5) is 0. The van der Waals surface area contributed by atoms with E-state index in [-0.39, 0.29) is 0 Å². The zero-order valence-corrected chi connectivity index (χ0v) is 8.34. The van der Waals surface area contributed by atoms with E-state index in [1.54, 1.807) is 0 Å². The van der Waals surface area contributed by atoms with Gasteiger partial charge in [0.25, 0.3) is 0 Å². The fraction of sp³-hybridized carbons (Fsp3) is 1.00. The second-order valence-corrected chi connectivity index (χ2v) is 4.10. The monoisotopic (exact) mass is 170 g/mol. The van der Waals surface area contributed by atoms with Gasteiger partial charge in [-0.25, -0.2) is 0 Å². The Labute approximate surface area is 75.9 Å². The van der Waals surface area contributed by atoms with E-state index < -0.39 is 0 Å². The molecule has 1 fully saturated rings. The van der Waals surface area contributed by atoms with Crippen LogP contribution in [0.5, 0.6) is 0 Å². The minimum atomic E-state index is 0.558. The lowest BCUT2D eigenvalue weighted by Gasteiger charge is -2.15. The van der Waals surface area contributed by atoms with E-state index in [0.29, 0.717) is 6.04 Å². The topological polar surface area (TPSA) is 38.0 Å². The Bertz CT molecular complexity index is 125. The number of nitrogens with one attached hydrogen (secondary N) is 1. The van der Waals surface area contributed by atoms with Crippen molar-refractivity contribution in [2.75, 3.05) is 13.1 Å². The van der Waals surface area contributed by atoms with Crippen molar-refractivity contribution in [1.29, 1.82) is 0 Å².